The summed E-state index contributed by atoms with van der Waals surface area (Å²) in [5.41, 5.74) is 1.89. The third-order valence-corrected chi connectivity index (χ3v) is 6.41. The van der Waals surface area contributed by atoms with E-state index in [1.54, 1.807) is 31.2 Å². The third kappa shape index (κ3) is 5.76. The normalized spacial score (nSPS) is 20.9. The van der Waals surface area contributed by atoms with Crippen molar-refractivity contribution in [3.8, 4) is 0 Å². The molecule has 3 rings (SSSR count). The Hall–Kier alpha value is -2.15. The van der Waals surface area contributed by atoms with Gasteiger partial charge in [-0.25, -0.2) is 4.39 Å². The molecule has 0 aromatic heterocycles. The zero-order valence-electron chi connectivity index (χ0n) is 17.2. The van der Waals surface area contributed by atoms with Crippen LogP contribution in [0.25, 0.3) is 0 Å². The Bertz CT molecular complexity index is 939. The van der Waals surface area contributed by atoms with Crippen molar-refractivity contribution in [2.45, 2.75) is 38.3 Å². The number of aliphatic hydroxyl groups is 1. The highest BCUT2D eigenvalue weighted by Gasteiger charge is 2.48. The number of benzene rings is 2. The first kappa shape index (κ1) is 23.5. The number of hydrogen-bond donors (Lipinski definition) is 2. The number of hydrogen-bond acceptors (Lipinski definition) is 3. The average molecular weight is 467 g/mol. The maximum Gasteiger partial charge on any atom is 0.252 e. The largest absolute Gasteiger partial charge is 0.382 e. The van der Waals surface area contributed by atoms with Crippen LogP contribution in [0, 0.1) is 11.7 Å². The van der Waals surface area contributed by atoms with Crippen LogP contribution in [-0.4, -0.2) is 47.1 Å². The minimum atomic E-state index is -1.36. The third-order valence-electron chi connectivity index (χ3n) is 5.67. The SMILES string of the molecule is CC1C(C(=O)NCCCc2ccc(Cl)c(Cl)c2)C(O)C(=O)N1CCc1ccc(F)cc1. The summed E-state index contributed by atoms with van der Waals surface area (Å²) in [5, 5.41) is 14.2. The summed E-state index contributed by atoms with van der Waals surface area (Å²) in [5.74, 6) is -1.94. The van der Waals surface area contributed by atoms with E-state index in [-0.39, 0.29) is 11.7 Å². The Labute approximate surface area is 191 Å². The van der Waals surface area contributed by atoms with Crippen molar-refractivity contribution in [3.05, 3.63) is 69.5 Å². The van der Waals surface area contributed by atoms with E-state index in [2.05, 4.69) is 5.32 Å². The first-order valence-corrected chi connectivity index (χ1v) is 11.0. The molecule has 1 aliphatic heterocycles. The van der Waals surface area contributed by atoms with Crippen LogP contribution in [0.5, 0.6) is 0 Å². The molecule has 1 saturated heterocycles. The van der Waals surface area contributed by atoms with E-state index < -0.39 is 24.0 Å². The van der Waals surface area contributed by atoms with Crippen LogP contribution in [0.3, 0.4) is 0 Å². The molecule has 2 amide bonds. The number of amides is 2. The number of aryl methyl sites for hydroxylation is 1. The Balaban J connectivity index is 1.50. The molecule has 2 aromatic rings. The van der Waals surface area contributed by atoms with Crippen LogP contribution in [0.4, 0.5) is 4.39 Å². The van der Waals surface area contributed by atoms with Gasteiger partial charge in [-0.3, -0.25) is 9.59 Å². The number of carbonyl (C=O) groups is 2. The van der Waals surface area contributed by atoms with E-state index in [1.165, 1.54) is 17.0 Å². The van der Waals surface area contributed by atoms with Crippen LogP contribution in [0.1, 0.15) is 24.5 Å². The van der Waals surface area contributed by atoms with Gasteiger partial charge in [0, 0.05) is 19.1 Å². The molecular formula is C23H25Cl2FN2O3. The van der Waals surface area contributed by atoms with Gasteiger partial charge in [-0.1, -0.05) is 41.4 Å². The maximum absolute atomic E-state index is 13.0. The lowest BCUT2D eigenvalue weighted by Crippen LogP contribution is -2.41. The van der Waals surface area contributed by atoms with Gasteiger partial charge >= 0.3 is 0 Å². The quantitative estimate of drug-likeness (QED) is 0.583. The predicted molar refractivity (Wildman–Crippen MR) is 119 cm³/mol. The first-order chi connectivity index (χ1) is 14.8. The van der Waals surface area contributed by atoms with Crippen LogP contribution in [0.15, 0.2) is 42.5 Å². The van der Waals surface area contributed by atoms with E-state index in [9.17, 15) is 19.1 Å². The highest BCUT2D eigenvalue weighted by Crippen LogP contribution is 2.27. The molecule has 0 radical (unpaired) electrons. The Morgan fingerprint density at radius 3 is 2.45 bits per heavy atom. The van der Waals surface area contributed by atoms with Gasteiger partial charge in [0.15, 0.2) is 0 Å². The first-order valence-electron chi connectivity index (χ1n) is 10.2. The number of nitrogens with one attached hydrogen (secondary N) is 1. The lowest BCUT2D eigenvalue weighted by atomic mass is 9.98. The number of halogens is 3. The van der Waals surface area contributed by atoms with Gasteiger partial charge in [-0.15, -0.1) is 0 Å². The summed E-state index contributed by atoms with van der Waals surface area (Å²) >= 11 is 11.9. The van der Waals surface area contributed by atoms with Crippen molar-refractivity contribution >= 4 is 35.0 Å². The number of nitrogens with zero attached hydrogens (tertiary/aromatic N) is 1. The van der Waals surface area contributed by atoms with E-state index in [0.717, 1.165) is 11.1 Å². The van der Waals surface area contributed by atoms with Gasteiger partial charge in [0.25, 0.3) is 5.91 Å². The Kier molecular flexibility index (Phi) is 7.92. The van der Waals surface area contributed by atoms with E-state index >= 15 is 0 Å². The van der Waals surface area contributed by atoms with Gasteiger partial charge in [-0.2, -0.15) is 0 Å². The van der Waals surface area contributed by atoms with Crippen molar-refractivity contribution in [2.75, 3.05) is 13.1 Å². The molecule has 1 heterocycles. The van der Waals surface area contributed by atoms with E-state index in [4.69, 9.17) is 23.2 Å². The molecule has 1 fully saturated rings. The molecule has 31 heavy (non-hydrogen) atoms. The van der Waals surface area contributed by atoms with Crippen molar-refractivity contribution < 1.29 is 19.1 Å². The summed E-state index contributed by atoms with van der Waals surface area (Å²) < 4.78 is 13.0. The number of likely N-dealkylation sites (tertiary alicyclic amines) is 1. The zero-order chi connectivity index (χ0) is 22.5. The smallest absolute Gasteiger partial charge is 0.252 e. The Morgan fingerprint density at radius 2 is 1.77 bits per heavy atom. The number of rotatable bonds is 8. The molecule has 8 heteroatoms. The van der Waals surface area contributed by atoms with Gasteiger partial charge in [0.2, 0.25) is 5.91 Å². The molecule has 3 unspecified atom stereocenters. The van der Waals surface area contributed by atoms with E-state index in [1.807, 2.05) is 6.07 Å². The highest BCUT2D eigenvalue weighted by molar-refractivity contribution is 6.42. The molecule has 0 aliphatic carbocycles. The minimum absolute atomic E-state index is 0.319. The summed E-state index contributed by atoms with van der Waals surface area (Å²) in [6.45, 7) is 2.53. The summed E-state index contributed by atoms with van der Waals surface area (Å²) in [6.07, 6.45) is 0.547. The molecule has 2 aromatic carbocycles. The fourth-order valence-electron chi connectivity index (χ4n) is 3.88. The lowest BCUT2D eigenvalue weighted by Gasteiger charge is -2.24. The van der Waals surface area contributed by atoms with Crippen molar-refractivity contribution in [2.24, 2.45) is 5.92 Å². The fraction of sp³-hybridized carbons (Fsp3) is 0.391. The van der Waals surface area contributed by atoms with Crippen LogP contribution in [0.2, 0.25) is 10.0 Å². The summed E-state index contributed by atoms with van der Waals surface area (Å²) in [6, 6.07) is 11.0. The highest BCUT2D eigenvalue weighted by atomic mass is 35.5. The van der Waals surface area contributed by atoms with Gasteiger partial charge in [0.1, 0.15) is 11.9 Å². The average Bonchev–Trinajstić information content (AvgIpc) is 2.95. The van der Waals surface area contributed by atoms with Gasteiger partial charge in [0.05, 0.1) is 16.0 Å². The standard InChI is InChI=1S/C23H25Cl2FN2O3/c1-14-20(22(30)27-11-2-3-16-6-9-18(24)19(25)13-16)21(29)23(31)28(14)12-10-15-4-7-17(26)8-5-15/h4-9,13-14,20-21,29H,2-3,10-12H2,1H3,(H,27,30). The topological polar surface area (TPSA) is 69.6 Å². The fourth-order valence-corrected chi connectivity index (χ4v) is 4.20. The maximum atomic E-state index is 13.0. The van der Waals surface area contributed by atoms with Crippen LogP contribution < -0.4 is 5.32 Å². The molecular weight excluding hydrogens is 442 g/mol. The monoisotopic (exact) mass is 466 g/mol. The second kappa shape index (κ2) is 10.4. The number of aliphatic hydroxyl groups excluding tert-OH is 1. The van der Waals surface area contributed by atoms with Crippen molar-refractivity contribution in [1.29, 1.82) is 0 Å². The molecule has 166 valence electrons. The molecule has 0 bridgehead atoms. The molecule has 5 nitrogen and oxygen atoms in total. The summed E-state index contributed by atoms with van der Waals surface area (Å²) in [7, 11) is 0. The van der Waals surface area contributed by atoms with Gasteiger partial charge in [-0.05, 0) is 61.6 Å². The van der Waals surface area contributed by atoms with Crippen LogP contribution in [-0.2, 0) is 22.4 Å². The molecule has 0 saturated carbocycles. The number of carbonyl (C=O) groups excluding carboxylic acids is 2. The molecule has 3 atom stereocenters. The van der Waals surface area contributed by atoms with Crippen molar-refractivity contribution in [3.63, 3.8) is 0 Å². The van der Waals surface area contributed by atoms with Gasteiger partial charge < -0.3 is 15.3 Å². The Morgan fingerprint density at radius 1 is 1.10 bits per heavy atom. The minimum Gasteiger partial charge on any atom is -0.382 e. The predicted octanol–water partition coefficient (Wildman–Crippen LogP) is 3.63. The lowest BCUT2D eigenvalue weighted by molar-refractivity contribution is -0.137. The van der Waals surface area contributed by atoms with E-state index in [0.29, 0.717) is 42.4 Å². The molecule has 1 aliphatic rings. The zero-order valence-corrected chi connectivity index (χ0v) is 18.7. The summed E-state index contributed by atoms with van der Waals surface area (Å²) in [4.78, 5) is 26.7. The second-order valence-electron chi connectivity index (χ2n) is 7.76. The van der Waals surface area contributed by atoms with Crippen molar-refractivity contribution in [1.82, 2.24) is 10.2 Å². The van der Waals surface area contributed by atoms with Crippen LogP contribution >= 0.6 is 23.2 Å². The second-order valence-corrected chi connectivity index (χ2v) is 8.58. The molecule has 2 N–H and O–H groups in total. The molecule has 0 spiro atoms.